The Balaban J connectivity index is 1.79. The zero-order valence-corrected chi connectivity index (χ0v) is 15.6. The van der Waals surface area contributed by atoms with E-state index in [4.69, 9.17) is 0 Å². The minimum absolute atomic E-state index is 0.000584. The van der Waals surface area contributed by atoms with Gasteiger partial charge in [-0.1, -0.05) is 28.1 Å². The van der Waals surface area contributed by atoms with Crippen LogP contribution in [0.25, 0.3) is 0 Å². The van der Waals surface area contributed by atoms with E-state index >= 15 is 0 Å². The van der Waals surface area contributed by atoms with Crippen LogP contribution in [0.4, 0.5) is 11.4 Å². The molecule has 24 heavy (non-hydrogen) atoms. The molecule has 0 saturated carbocycles. The fourth-order valence-corrected chi connectivity index (χ4v) is 3.74. The number of rotatable bonds is 3. The Bertz CT molecular complexity index is 764. The molecule has 0 saturated heterocycles. The fourth-order valence-electron chi connectivity index (χ4n) is 2.71. The second-order valence-corrected chi connectivity index (χ2v) is 7.59. The van der Waals surface area contributed by atoms with Crippen LogP contribution in [-0.2, 0) is 9.59 Å². The highest BCUT2D eigenvalue weighted by Crippen LogP contribution is 2.32. The Morgan fingerprint density at radius 3 is 2.71 bits per heavy atom. The van der Waals surface area contributed by atoms with Gasteiger partial charge < -0.3 is 10.2 Å². The van der Waals surface area contributed by atoms with E-state index in [1.807, 2.05) is 55.5 Å². The van der Waals surface area contributed by atoms with Crippen LogP contribution in [0, 0.1) is 0 Å². The van der Waals surface area contributed by atoms with Gasteiger partial charge >= 0.3 is 0 Å². The molecule has 0 bridgehead atoms. The number of thioether (sulfide) groups is 1. The second-order valence-electron chi connectivity index (χ2n) is 5.62. The third-order valence-electron chi connectivity index (χ3n) is 3.80. The molecule has 1 N–H and O–H groups in total. The maximum atomic E-state index is 12.8. The van der Waals surface area contributed by atoms with E-state index in [0.29, 0.717) is 17.9 Å². The molecule has 124 valence electrons. The fraction of sp³-hybridized carbons (Fsp3) is 0.222. The van der Waals surface area contributed by atoms with E-state index < -0.39 is 0 Å². The summed E-state index contributed by atoms with van der Waals surface area (Å²) >= 11 is 4.90. The second kappa shape index (κ2) is 7.40. The molecular formula is C18H17BrN2O2S. The smallest absolute Gasteiger partial charge is 0.237 e. The highest BCUT2D eigenvalue weighted by molar-refractivity contribution is 9.10. The van der Waals surface area contributed by atoms with Gasteiger partial charge in [0.05, 0.1) is 17.1 Å². The van der Waals surface area contributed by atoms with E-state index in [-0.39, 0.29) is 17.9 Å². The summed E-state index contributed by atoms with van der Waals surface area (Å²) in [6, 6.07) is 15.1. The Morgan fingerprint density at radius 1 is 1.25 bits per heavy atom. The molecule has 0 fully saturated rings. The van der Waals surface area contributed by atoms with Crippen molar-refractivity contribution in [3.8, 4) is 0 Å². The molecule has 0 spiro atoms. The molecule has 1 aliphatic rings. The largest absolute Gasteiger partial charge is 0.324 e. The Hall–Kier alpha value is -1.79. The first-order chi connectivity index (χ1) is 11.5. The summed E-state index contributed by atoms with van der Waals surface area (Å²) in [7, 11) is 0. The van der Waals surface area contributed by atoms with Gasteiger partial charge in [-0.15, -0.1) is 11.8 Å². The van der Waals surface area contributed by atoms with Gasteiger partial charge in [-0.3, -0.25) is 9.59 Å². The molecule has 1 atom stereocenters. The summed E-state index contributed by atoms with van der Waals surface area (Å²) in [4.78, 5) is 27.6. The van der Waals surface area contributed by atoms with Gasteiger partial charge in [0.1, 0.15) is 0 Å². The van der Waals surface area contributed by atoms with E-state index in [0.717, 1.165) is 15.1 Å². The highest BCUT2D eigenvalue weighted by Gasteiger charge is 2.29. The van der Waals surface area contributed by atoms with E-state index in [1.165, 1.54) is 11.8 Å². The molecule has 0 aromatic heterocycles. The van der Waals surface area contributed by atoms with Crippen molar-refractivity contribution >= 4 is 50.9 Å². The molecule has 2 aromatic carbocycles. The zero-order valence-electron chi connectivity index (χ0n) is 13.2. The SMILES string of the molecule is CC1CC(=O)Nc2ccccc2N1C(=O)CSc1ccc(Br)cc1. The number of carbonyl (C=O) groups excluding carboxylic acids is 2. The van der Waals surface area contributed by atoms with Crippen molar-refractivity contribution in [2.75, 3.05) is 16.0 Å². The average molecular weight is 405 g/mol. The van der Waals surface area contributed by atoms with Gasteiger partial charge in [-0.25, -0.2) is 0 Å². The lowest BCUT2D eigenvalue weighted by Crippen LogP contribution is -2.40. The molecule has 3 rings (SSSR count). The van der Waals surface area contributed by atoms with Crippen molar-refractivity contribution in [3.63, 3.8) is 0 Å². The summed E-state index contributed by atoms with van der Waals surface area (Å²) in [5.74, 6) is 0.263. The normalized spacial score (nSPS) is 17.0. The minimum atomic E-state index is -0.174. The molecule has 2 amide bonds. The van der Waals surface area contributed by atoms with Crippen LogP contribution in [-0.4, -0.2) is 23.6 Å². The Labute approximate surface area is 153 Å². The van der Waals surface area contributed by atoms with Gasteiger partial charge in [-0.2, -0.15) is 0 Å². The number of nitrogens with one attached hydrogen (secondary N) is 1. The van der Waals surface area contributed by atoms with Crippen molar-refractivity contribution in [3.05, 3.63) is 53.0 Å². The molecule has 1 heterocycles. The van der Waals surface area contributed by atoms with Gasteiger partial charge in [0, 0.05) is 21.8 Å². The van der Waals surface area contributed by atoms with Crippen LogP contribution in [0.1, 0.15) is 13.3 Å². The Kier molecular flexibility index (Phi) is 5.26. The number of para-hydroxylation sites is 2. The summed E-state index contributed by atoms with van der Waals surface area (Å²) < 4.78 is 1.01. The average Bonchev–Trinajstić information content (AvgIpc) is 2.68. The monoisotopic (exact) mass is 404 g/mol. The summed E-state index contributed by atoms with van der Waals surface area (Å²) in [5, 5.41) is 2.87. The number of hydrogen-bond donors (Lipinski definition) is 1. The number of carbonyl (C=O) groups is 2. The van der Waals surface area contributed by atoms with Crippen LogP contribution in [0.2, 0.25) is 0 Å². The first-order valence-corrected chi connectivity index (χ1v) is 9.42. The first kappa shape index (κ1) is 17.0. The zero-order chi connectivity index (χ0) is 17.1. The van der Waals surface area contributed by atoms with E-state index in [9.17, 15) is 9.59 Å². The molecule has 1 unspecified atom stereocenters. The number of halogens is 1. The predicted octanol–water partition coefficient (Wildman–Crippen LogP) is 4.31. The maximum absolute atomic E-state index is 12.8. The third kappa shape index (κ3) is 3.82. The molecule has 0 radical (unpaired) electrons. The lowest BCUT2D eigenvalue weighted by Gasteiger charge is -2.27. The third-order valence-corrected chi connectivity index (χ3v) is 5.33. The minimum Gasteiger partial charge on any atom is -0.324 e. The summed E-state index contributed by atoms with van der Waals surface area (Å²) in [5.41, 5.74) is 1.45. The maximum Gasteiger partial charge on any atom is 0.237 e. The standard InChI is InChI=1S/C18H17BrN2O2S/c1-12-10-17(22)20-15-4-2-3-5-16(15)21(12)18(23)11-24-14-8-6-13(19)7-9-14/h2-9,12H,10-11H2,1H3,(H,20,22). The van der Waals surface area contributed by atoms with E-state index in [1.54, 1.807) is 4.90 Å². The molecule has 2 aromatic rings. The van der Waals surface area contributed by atoms with Gasteiger partial charge in [0.15, 0.2) is 0 Å². The van der Waals surface area contributed by atoms with Crippen molar-refractivity contribution in [2.24, 2.45) is 0 Å². The number of benzene rings is 2. The lowest BCUT2D eigenvalue weighted by molar-refractivity contribution is -0.117. The van der Waals surface area contributed by atoms with Crippen LogP contribution in [0.5, 0.6) is 0 Å². The quantitative estimate of drug-likeness (QED) is 0.775. The number of fused-ring (bicyclic) bond motifs is 1. The number of anilines is 2. The summed E-state index contributed by atoms with van der Waals surface area (Å²) in [6.07, 6.45) is 0.295. The van der Waals surface area contributed by atoms with Crippen molar-refractivity contribution in [2.45, 2.75) is 24.3 Å². The highest BCUT2D eigenvalue weighted by atomic mass is 79.9. The van der Waals surface area contributed by atoms with E-state index in [2.05, 4.69) is 21.2 Å². The van der Waals surface area contributed by atoms with Crippen LogP contribution >= 0.6 is 27.7 Å². The molecular weight excluding hydrogens is 388 g/mol. The summed E-state index contributed by atoms with van der Waals surface area (Å²) in [6.45, 7) is 1.91. The van der Waals surface area contributed by atoms with Crippen molar-refractivity contribution in [1.29, 1.82) is 0 Å². The van der Waals surface area contributed by atoms with Gasteiger partial charge in [0.25, 0.3) is 0 Å². The van der Waals surface area contributed by atoms with Gasteiger partial charge in [0.2, 0.25) is 11.8 Å². The lowest BCUT2D eigenvalue weighted by atomic mass is 10.2. The topological polar surface area (TPSA) is 49.4 Å². The molecule has 0 aliphatic carbocycles. The Morgan fingerprint density at radius 2 is 1.96 bits per heavy atom. The molecule has 4 nitrogen and oxygen atoms in total. The molecule has 6 heteroatoms. The van der Waals surface area contributed by atoms with Crippen LogP contribution in [0.15, 0.2) is 57.9 Å². The van der Waals surface area contributed by atoms with Crippen LogP contribution in [0.3, 0.4) is 0 Å². The number of amides is 2. The van der Waals surface area contributed by atoms with Gasteiger partial charge in [-0.05, 0) is 43.3 Å². The number of nitrogens with zero attached hydrogens (tertiary/aromatic N) is 1. The van der Waals surface area contributed by atoms with Crippen molar-refractivity contribution in [1.82, 2.24) is 0 Å². The number of hydrogen-bond acceptors (Lipinski definition) is 3. The molecule has 1 aliphatic heterocycles. The predicted molar refractivity (Wildman–Crippen MR) is 102 cm³/mol. The van der Waals surface area contributed by atoms with Crippen molar-refractivity contribution < 1.29 is 9.59 Å². The van der Waals surface area contributed by atoms with Crippen LogP contribution < -0.4 is 10.2 Å². The first-order valence-electron chi connectivity index (χ1n) is 7.64.